The molecule has 0 saturated carbocycles. The van der Waals surface area contributed by atoms with E-state index in [-0.39, 0.29) is 5.56 Å². The van der Waals surface area contributed by atoms with Crippen LogP contribution in [0, 0.1) is 5.82 Å². The molecule has 19 heavy (non-hydrogen) atoms. The Kier molecular flexibility index (Phi) is 4.34. The number of carbonyl (C=O) groups excluding carboxylic acids is 1. The number of benzene rings is 1. The number of hydrogen-bond donors (Lipinski definition) is 1. The summed E-state index contributed by atoms with van der Waals surface area (Å²) in [6.45, 7) is 0.396. The van der Waals surface area contributed by atoms with Gasteiger partial charge in [-0.1, -0.05) is 11.6 Å². The summed E-state index contributed by atoms with van der Waals surface area (Å²) < 4.78 is 18.3. The number of carbonyl (C=O) groups is 1. The molecular weight excluding hydrogens is 291 g/mol. The quantitative estimate of drug-likeness (QED) is 0.880. The fourth-order valence-electron chi connectivity index (χ4n) is 1.49. The van der Waals surface area contributed by atoms with Gasteiger partial charge >= 0.3 is 5.97 Å². The van der Waals surface area contributed by atoms with Crippen molar-refractivity contribution in [3.63, 3.8) is 0 Å². The van der Waals surface area contributed by atoms with Crippen LogP contribution in [0.3, 0.4) is 0 Å². The summed E-state index contributed by atoms with van der Waals surface area (Å²) in [5.74, 6) is -1.09. The van der Waals surface area contributed by atoms with Gasteiger partial charge in [-0.25, -0.2) is 14.2 Å². The molecule has 1 heterocycles. The number of esters is 1. The van der Waals surface area contributed by atoms with Crippen LogP contribution in [-0.2, 0) is 11.3 Å². The predicted molar refractivity (Wildman–Crippen MR) is 72.2 cm³/mol. The molecule has 2 aromatic rings. The van der Waals surface area contributed by atoms with E-state index in [0.29, 0.717) is 16.6 Å². The van der Waals surface area contributed by atoms with Crippen molar-refractivity contribution in [2.24, 2.45) is 0 Å². The molecule has 0 saturated heterocycles. The van der Waals surface area contributed by atoms with Crippen molar-refractivity contribution in [3.05, 3.63) is 45.1 Å². The van der Waals surface area contributed by atoms with Gasteiger partial charge in [-0.15, -0.1) is 11.3 Å². The fourth-order valence-corrected chi connectivity index (χ4v) is 2.39. The molecule has 0 atom stereocenters. The second-order valence-corrected chi connectivity index (χ2v) is 5.34. The largest absolute Gasteiger partial charge is 0.465 e. The lowest BCUT2D eigenvalue weighted by Crippen LogP contribution is -2.08. The fraction of sp³-hybridized carbons (Fsp3) is 0.167. The Labute approximate surface area is 118 Å². The molecule has 1 N–H and O–H groups in total. The normalized spacial score (nSPS) is 10.3. The Balaban J connectivity index is 2.17. The van der Waals surface area contributed by atoms with Gasteiger partial charge in [-0.05, 0) is 18.2 Å². The van der Waals surface area contributed by atoms with E-state index in [1.807, 2.05) is 0 Å². The number of methoxy groups -OCH3 is 1. The summed E-state index contributed by atoms with van der Waals surface area (Å²) in [4.78, 5) is 15.6. The highest BCUT2D eigenvalue weighted by Crippen LogP contribution is 2.22. The summed E-state index contributed by atoms with van der Waals surface area (Å²) in [5.41, 5.74) is 0.629. The number of hydrogen-bond acceptors (Lipinski definition) is 5. The molecule has 0 bridgehead atoms. The van der Waals surface area contributed by atoms with E-state index in [1.54, 1.807) is 6.20 Å². The zero-order valence-corrected chi connectivity index (χ0v) is 11.5. The number of ether oxygens (including phenoxy) is 1. The minimum atomic E-state index is -0.598. The number of anilines is 1. The van der Waals surface area contributed by atoms with Crippen molar-refractivity contribution in [1.82, 2.24) is 4.98 Å². The number of aromatic nitrogens is 1. The molecule has 0 amide bonds. The van der Waals surface area contributed by atoms with Crippen LogP contribution in [0.1, 0.15) is 15.4 Å². The Morgan fingerprint density at radius 1 is 1.58 bits per heavy atom. The Bertz CT molecular complexity index is 603. The van der Waals surface area contributed by atoms with Crippen molar-refractivity contribution in [2.45, 2.75) is 6.54 Å². The molecule has 0 aliphatic carbocycles. The summed E-state index contributed by atoms with van der Waals surface area (Å²) in [7, 11) is 1.25. The second kappa shape index (κ2) is 5.99. The molecular formula is C12H10ClFN2O2S. The average Bonchev–Trinajstić information content (AvgIpc) is 2.82. The van der Waals surface area contributed by atoms with Gasteiger partial charge in [0.1, 0.15) is 15.2 Å². The molecule has 0 radical (unpaired) electrons. The first kappa shape index (κ1) is 13.8. The number of nitrogens with zero attached hydrogens (tertiary/aromatic N) is 1. The van der Waals surface area contributed by atoms with Gasteiger partial charge < -0.3 is 10.1 Å². The van der Waals surface area contributed by atoms with Crippen LogP contribution in [-0.4, -0.2) is 18.1 Å². The molecule has 0 unspecified atom stereocenters. The van der Waals surface area contributed by atoms with E-state index in [1.165, 1.54) is 30.6 Å². The van der Waals surface area contributed by atoms with Crippen molar-refractivity contribution < 1.29 is 13.9 Å². The minimum Gasteiger partial charge on any atom is -0.465 e. The maximum atomic E-state index is 13.1. The van der Waals surface area contributed by atoms with Crippen LogP contribution in [0.4, 0.5) is 10.1 Å². The summed E-state index contributed by atoms with van der Waals surface area (Å²) >= 11 is 7.10. The highest BCUT2D eigenvalue weighted by molar-refractivity contribution is 7.15. The van der Waals surface area contributed by atoms with E-state index < -0.39 is 11.8 Å². The first-order chi connectivity index (χ1) is 9.10. The number of halogens is 2. The van der Waals surface area contributed by atoms with Crippen molar-refractivity contribution in [2.75, 3.05) is 12.4 Å². The molecule has 0 aliphatic heterocycles. The molecule has 1 aromatic carbocycles. The molecule has 0 fully saturated rings. The number of nitrogens with one attached hydrogen (secondary N) is 1. The van der Waals surface area contributed by atoms with Gasteiger partial charge in [-0.2, -0.15) is 0 Å². The van der Waals surface area contributed by atoms with E-state index in [9.17, 15) is 9.18 Å². The molecule has 2 rings (SSSR count). The van der Waals surface area contributed by atoms with Crippen LogP contribution >= 0.6 is 22.9 Å². The maximum Gasteiger partial charge on any atom is 0.340 e. The third kappa shape index (κ3) is 3.42. The van der Waals surface area contributed by atoms with E-state index in [2.05, 4.69) is 15.0 Å². The van der Waals surface area contributed by atoms with Gasteiger partial charge in [0.15, 0.2) is 0 Å². The van der Waals surface area contributed by atoms with Crippen LogP contribution in [0.2, 0.25) is 4.34 Å². The summed E-state index contributed by atoms with van der Waals surface area (Å²) in [6, 6.07) is 3.88. The smallest absolute Gasteiger partial charge is 0.340 e. The van der Waals surface area contributed by atoms with E-state index in [0.717, 1.165) is 11.1 Å². The van der Waals surface area contributed by atoms with E-state index >= 15 is 0 Å². The van der Waals surface area contributed by atoms with Crippen molar-refractivity contribution in [3.8, 4) is 0 Å². The summed E-state index contributed by atoms with van der Waals surface area (Å²) in [6.07, 6.45) is 1.55. The monoisotopic (exact) mass is 300 g/mol. The first-order valence-corrected chi connectivity index (χ1v) is 6.51. The maximum absolute atomic E-state index is 13.1. The van der Waals surface area contributed by atoms with Gasteiger partial charge in [0, 0.05) is 5.69 Å². The molecule has 100 valence electrons. The molecule has 0 spiro atoms. The van der Waals surface area contributed by atoms with Crippen molar-refractivity contribution >= 4 is 34.6 Å². The summed E-state index contributed by atoms with van der Waals surface area (Å²) in [5, 5.41) is 3.78. The van der Waals surface area contributed by atoms with Crippen LogP contribution in [0.5, 0.6) is 0 Å². The zero-order chi connectivity index (χ0) is 13.8. The Morgan fingerprint density at radius 3 is 3.00 bits per heavy atom. The number of rotatable bonds is 4. The van der Waals surface area contributed by atoms with Gasteiger partial charge in [0.25, 0.3) is 0 Å². The van der Waals surface area contributed by atoms with Crippen molar-refractivity contribution in [1.29, 1.82) is 0 Å². The van der Waals surface area contributed by atoms with Crippen LogP contribution < -0.4 is 5.32 Å². The lowest BCUT2D eigenvalue weighted by Gasteiger charge is -2.09. The minimum absolute atomic E-state index is 0.144. The second-order valence-electron chi connectivity index (χ2n) is 3.59. The molecule has 7 heteroatoms. The van der Waals surface area contributed by atoms with Gasteiger partial charge in [-0.3, -0.25) is 0 Å². The van der Waals surface area contributed by atoms with Gasteiger partial charge in [0.05, 0.1) is 25.4 Å². The zero-order valence-electron chi connectivity index (χ0n) is 9.94. The van der Waals surface area contributed by atoms with E-state index in [4.69, 9.17) is 11.6 Å². The topological polar surface area (TPSA) is 51.2 Å². The number of thiazole rings is 1. The highest BCUT2D eigenvalue weighted by Gasteiger charge is 2.13. The van der Waals surface area contributed by atoms with Crippen LogP contribution in [0.25, 0.3) is 0 Å². The lowest BCUT2D eigenvalue weighted by molar-refractivity contribution is 0.0601. The molecule has 4 nitrogen and oxygen atoms in total. The lowest BCUT2D eigenvalue weighted by atomic mass is 10.1. The molecule has 1 aromatic heterocycles. The van der Waals surface area contributed by atoms with Gasteiger partial charge in [0.2, 0.25) is 0 Å². The average molecular weight is 301 g/mol. The first-order valence-electron chi connectivity index (χ1n) is 5.32. The Morgan fingerprint density at radius 2 is 2.37 bits per heavy atom. The third-order valence-corrected chi connectivity index (χ3v) is 3.46. The standard InChI is InChI=1S/C12H10ClFN2O2S/c1-18-12(17)8-4-7(14)2-3-9(8)15-6-11-16-5-10(13)19-11/h2-5,15H,6H2,1H3. The highest BCUT2D eigenvalue weighted by atomic mass is 35.5. The Hall–Kier alpha value is -1.66. The molecule has 0 aliphatic rings. The predicted octanol–water partition coefficient (Wildman–Crippen LogP) is 3.33. The third-order valence-electron chi connectivity index (χ3n) is 2.34. The SMILES string of the molecule is COC(=O)c1cc(F)ccc1NCc1ncc(Cl)s1. The van der Waals surface area contributed by atoms with Crippen LogP contribution in [0.15, 0.2) is 24.4 Å².